The van der Waals surface area contributed by atoms with E-state index in [2.05, 4.69) is 0 Å². The Balaban J connectivity index is 1.95. The molecule has 0 bridgehead atoms. The Bertz CT molecular complexity index is 619. The molecule has 1 heterocycles. The Hall–Kier alpha value is -1.71. The first kappa shape index (κ1) is 13.3. The predicted molar refractivity (Wildman–Crippen MR) is 77.7 cm³/mol. The van der Waals surface area contributed by atoms with Gasteiger partial charge in [0.2, 0.25) is 0 Å². The summed E-state index contributed by atoms with van der Waals surface area (Å²) in [5, 5.41) is 11.1. The number of aliphatic hydroxyl groups is 1. The van der Waals surface area contributed by atoms with Gasteiger partial charge in [-0.25, -0.2) is 0 Å². The number of hydrogen-bond donors (Lipinski definition) is 1. The number of aliphatic hydroxyl groups excluding tert-OH is 1. The Labute approximate surface area is 122 Å². The van der Waals surface area contributed by atoms with Crippen molar-refractivity contribution in [2.24, 2.45) is 0 Å². The van der Waals surface area contributed by atoms with E-state index in [9.17, 15) is 5.11 Å². The van der Waals surface area contributed by atoms with E-state index in [0.717, 1.165) is 22.4 Å². The lowest BCUT2D eigenvalue weighted by Gasteiger charge is -2.20. The number of ether oxygens (including phenoxy) is 2. The first-order chi connectivity index (χ1) is 9.63. The van der Waals surface area contributed by atoms with Crippen LogP contribution in [0.5, 0.6) is 11.5 Å². The molecule has 0 amide bonds. The highest BCUT2D eigenvalue weighted by Gasteiger charge is 2.17. The lowest BCUT2D eigenvalue weighted by Crippen LogP contribution is -2.15. The summed E-state index contributed by atoms with van der Waals surface area (Å²) in [6.07, 6.45) is -0.733. The second kappa shape index (κ2) is 5.35. The van der Waals surface area contributed by atoms with Crippen LogP contribution >= 0.6 is 11.6 Å². The van der Waals surface area contributed by atoms with Crippen molar-refractivity contribution >= 4 is 11.6 Å². The number of halogens is 1. The van der Waals surface area contributed by atoms with Crippen LogP contribution in [0.4, 0.5) is 0 Å². The predicted octanol–water partition coefficient (Wildman–Crippen LogP) is 3.50. The van der Waals surface area contributed by atoms with E-state index in [1.165, 1.54) is 0 Å². The molecule has 0 spiro atoms. The second-order valence-corrected chi connectivity index (χ2v) is 5.30. The standard InChI is InChI=1S/C16H15ClO3/c1-10-6-12(8-13(17)7-10)16(18)11-2-3-14-15(9-11)20-5-4-19-14/h2-3,6-9,16,18H,4-5H2,1H3. The SMILES string of the molecule is Cc1cc(Cl)cc(C(O)c2ccc3c(c2)OCCO3)c1. The van der Waals surface area contributed by atoms with E-state index in [4.69, 9.17) is 21.1 Å². The Morgan fingerprint density at radius 1 is 1.00 bits per heavy atom. The maximum Gasteiger partial charge on any atom is 0.161 e. The minimum absolute atomic E-state index is 0.531. The molecule has 104 valence electrons. The van der Waals surface area contributed by atoms with Gasteiger partial charge in [0.15, 0.2) is 11.5 Å². The van der Waals surface area contributed by atoms with Crippen molar-refractivity contribution in [2.45, 2.75) is 13.0 Å². The molecular weight excluding hydrogens is 276 g/mol. The van der Waals surface area contributed by atoms with Crippen molar-refractivity contribution in [1.82, 2.24) is 0 Å². The van der Waals surface area contributed by atoms with Crippen LogP contribution in [0.25, 0.3) is 0 Å². The molecule has 0 saturated heterocycles. The first-order valence-electron chi connectivity index (χ1n) is 6.48. The van der Waals surface area contributed by atoms with E-state index in [-0.39, 0.29) is 0 Å². The van der Waals surface area contributed by atoms with Gasteiger partial charge >= 0.3 is 0 Å². The van der Waals surface area contributed by atoms with Crippen molar-refractivity contribution in [1.29, 1.82) is 0 Å². The Morgan fingerprint density at radius 3 is 2.50 bits per heavy atom. The molecule has 1 aliphatic heterocycles. The second-order valence-electron chi connectivity index (χ2n) is 4.87. The average Bonchev–Trinajstić information content (AvgIpc) is 2.45. The highest BCUT2D eigenvalue weighted by Crippen LogP contribution is 2.34. The molecule has 0 saturated carbocycles. The summed E-state index contributed by atoms with van der Waals surface area (Å²) in [4.78, 5) is 0. The van der Waals surface area contributed by atoms with E-state index >= 15 is 0 Å². The molecule has 1 N–H and O–H groups in total. The Morgan fingerprint density at radius 2 is 1.75 bits per heavy atom. The lowest BCUT2D eigenvalue weighted by atomic mass is 9.99. The molecule has 1 aliphatic rings. The normalized spacial score (nSPS) is 14.9. The van der Waals surface area contributed by atoms with E-state index in [0.29, 0.717) is 24.0 Å². The van der Waals surface area contributed by atoms with Gasteiger partial charge in [-0.2, -0.15) is 0 Å². The minimum atomic E-state index is -0.733. The number of hydrogen-bond acceptors (Lipinski definition) is 3. The largest absolute Gasteiger partial charge is 0.486 e. The maximum absolute atomic E-state index is 10.5. The van der Waals surface area contributed by atoms with Crippen molar-refractivity contribution < 1.29 is 14.6 Å². The summed E-state index contributed by atoms with van der Waals surface area (Å²) in [5.74, 6) is 1.39. The fourth-order valence-corrected chi connectivity index (χ4v) is 2.64. The zero-order chi connectivity index (χ0) is 14.1. The Kier molecular flexibility index (Phi) is 3.55. The van der Waals surface area contributed by atoms with E-state index < -0.39 is 6.10 Å². The van der Waals surface area contributed by atoms with E-state index in [1.807, 2.05) is 37.3 Å². The molecular formula is C16H15ClO3. The van der Waals surface area contributed by atoms with Crippen LogP contribution in [0.1, 0.15) is 22.8 Å². The summed E-state index contributed by atoms with van der Waals surface area (Å²) in [7, 11) is 0. The number of fused-ring (bicyclic) bond motifs is 1. The first-order valence-corrected chi connectivity index (χ1v) is 6.86. The molecule has 1 atom stereocenters. The summed E-state index contributed by atoms with van der Waals surface area (Å²) in [6.45, 7) is 3.04. The zero-order valence-electron chi connectivity index (χ0n) is 11.1. The summed E-state index contributed by atoms with van der Waals surface area (Å²) < 4.78 is 11.0. The van der Waals surface area contributed by atoms with Crippen LogP contribution in [0.3, 0.4) is 0 Å². The van der Waals surface area contributed by atoms with Gasteiger partial charge in [-0.15, -0.1) is 0 Å². The molecule has 3 nitrogen and oxygen atoms in total. The number of benzene rings is 2. The molecule has 2 aromatic carbocycles. The van der Waals surface area contributed by atoms with Crippen LogP contribution in [0, 0.1) is 6.92 Å². The van der Waals surface area contributed by atoms with E-state index in [1.54, 1.807) is 6.07 Å². The van der Waals surface area contributed by atoms with Gasteiger partial charge in [-0.05, 0) is 47.9 Å². The average molecular weight is 291 g/mol. The molecule has 20 heavy (non-hydrogen) atoms. The van der Waals surface area contributed by atoms with Crippen molar-refractivity contribution in [2.75, 3.05) is 13.2 Å². The van der Waals surface area contributed by atoms with Crippen LogP contribution < -0.4 is 9.47 Å². The molecule has 0 aliphatic carbocycles. The third-order valence-electron chi connectivity index (χ3n) is 3.26. The molecule has 1 unspecified atom stereocenters. The van der Waals surface area contributed by atoms with Crippen molar-refractivity contribution in [3.8, 4) is 11.5 Å². The summed E-state index contributed by atoms with van der Waals surface area (Å²) >= 11 is 6.04. The minimum Gasteiger partial charge on any atom is -0.486 e. The van der Waals surface area contributed by atoms with Crippen molar-refractivity contribution in [3.63, 3.8) is 0 Å². The quantitative estimate of drug-likeness (QED) is 0.920. The van der Waals surface area contributed by atoms with Gasteiger partial charge in [0, 0.05) is 5.02 Å². The number of aryl methyl sites for hydroxylation is 1. The molecule has 0 aromatic heterocycles. The fraction of sp³-hybridized carbons (Fsp3) is 0.250. The molecule has 0 radical (unpaired) electrons. The third kappa shape index (κ3) is 2.60. The maximum atomic E-state index is 10.5. The molecule has 4 heteroatoms. The van der Waals surface area contributed by atoms with Gasteiger partial charge in [-0.3, -0.25) is 0 Å². The molecule has 0 fully saturated rings. The van der Waals surface area contributed by atoms with Gasteiger partial charge in [-0.1, -0.05) is 23.7 Å². The van der Waals surface area contributed by atoms with Crippen LogP contribution in [0.15, 0.2) is 36.4 Å². The van der Waals surface area contributed by atoms with Gasteiger partial charge in [0.05, 0.1) is 0 Å². The summed E-state index contributed by atoms with van der Waals surface area (Å²) in [6, 6.07) is 11.0. The highest BCUT2D eigenvalue weighted by atomic mass is 35.5. The monoisotopic (exact) mass is 290 g/mol. The summed E-state index contributed by atoms with van der Waals surface area (Å²) in [5.41, 5.74) is 2.55. The third-order valence-corrected chi connectivity index (χ3v) is 3.48. The van der Waals surface area contributed by atoms with Gasteiger partial charge < -0.3 is 14.6 Å². The highest BCUT2D eigenvalue weighted by molar-refractivity contribution is 6.30. The van der Waals surface area contributed by atoms with Crippen LogP contribution in [-0.2, 0) is 0 Å². The smallest absolute Gasteiger partial charge is 0.161 e. The molecule has 3 rings (SSSR count). The lowest BCUT2D eigenvalue weighted by molar-refractivity contribution is 0.169. The molecule has 2 aromatic rings. The van der Waals surface area contributed by atoms with Gasteiger partial charge in [0.1, 0.15) is 19.3 Å². The zero-order valence-corrected chi connectivity index (χ0v) is 11.9. The number of rotatable bonds is 2. The fourth-order valence-electron chi connectivity index (χ4n) is 2.34. The van der Waals surface area contributed by atoms with Crippen LogP contribution in [-0.4, -0.2) is 18.3 Å². The van der Waals surface area contributed by atoms with Crippen LogP contribution in [0.2, 0.25) is 5.02 Å². The van der Waals surface area contributed by atoms with Crippen molar-refractivity contribution in [3.05, 3.63) is 58.1 Å². The topological polar surface area (TPSA) is 38.7 Å². The van der Waals surface area contributed by atoms with Gasteiger partial charge in [0.25, 0.3) is 0 Å².